The minimum absolute atomic E-state index is 0.0297. The van der Waals surface area contributed by atoms with Crippen LogP contribution in [0.15, 0.2) is 46.5 Å². The SMILES string of the molecule is O=Cc1cc(Sc2ncccc2Cl)ccc1[N+](=O)[O-]. The number of nitrogens with zero attached hydrogens (tertiary/aromatic N) is 2. The third-order valence-electron chi connectivity index (χ3n) is 2.26. The van der Waals surface area contributed by atoms with Gasteiger partial charge in [0, 0.05) is 17.2 Å². The Morgan fingerprint density at radius 3 is 2.79 bits per heavy atom. The van der Waals surface area contributed by atoms with Crippen LogP contribution in [0, 0.1) is 10.1 Å². The van der Waals surface area contributed by atoms with Crippen LogP contribution in [0.1, 0.15) is 10.4 Å². The molecule has 0 saturated carbocycles. The van der Waals surface area contributed by atoms with Crippen molar-refractivity contribution in [1.29, 1.82) is 0 Å². The van der Waals surface area contributed by atoms with E-state index in [0.717, 1.165) is 0 Å². The van der Waals surface area contributed by atoms with Crippen molar-refractivity contribution in [3.63, 3.8) is 0 Å². The number of carbonyl (C=O) groups excluding carboxylic acids is 1. The average Bonchev–Trinajstić information content (AvgIpc) is 2.41. The van der Waals surface area contributed by atoms with Gasteiger partial charge < -0.3 is 0 Å². The van der Waals surface area contributed by atoms with Crippen LogP contribution in [0.5, 0.6) is 0 Å². The topological polar surface area (TPSA) is 73.1 Å². The molecule has 0 fully saturated rings. The molecule has 0 atom stereocenters. The number of halogens is 1. The summed E-state index contributed by atoms with van der Waals surface area (Å²) < 4.78 is 0. The number of nitro groups is 1. The van der Waals surface area contributed by atoms with E-state index < -0.39 is 4.92 Å². The van der Waals surface area contributed by atoms with Crippen LogP contribution in [-0.4, -0.2) is 16.2 Å². The van der Waals surface area contributed by atoms with E-state index in [9.17, 15) is 14.9 Å². The molecule has 0 radical (unpaired) electrons. The molecule has 2 rings (SSSR count). The van der Waals surface area contributed by atoms with Gasteiger partial charge in [0.05, 0.1) is 15.5 Å². The van der Waals surface area contributed by atoms with Gasteiger partial charge in [-0.1, -0.05) is 23.4 Å². The molecule has 0 spiro atoms. The smallest absolute Gasteiger partial charge is 0.279 e. The van der Waals surface area contributed by atoms with Gasteiger partial charge in [0.25, 0.3) is 5.69 Å². The molecular weight excluding hydrogens is 288 g/mol. The van der Waals surface area contributed by atoms with E-state index in [1.165, 1.54) is 23.9 Å². The minimum Gasteiger partial charge on any atom is -0.298 e. The standard InChI is InChI=1S/C12H7ClN2O3S/c13-10-2-1-5-14-12(10)19-9-3-4-11(15(17)18)8(6-9)7-16/h1-7H. The van der Waals surface area contributed by atoms with E-state index in [2.05, 4.69) is 4.98 Å². The van der Waals surface area contributed by atoms with Crippen LogP contribution in [0.2, 0.25) is 5.02 Å². The van der Waals surface area contributed by atoms with Crippen molar-refractivity contribution in [2.45, 2.75) is 9.92 Å². The molecule has 1 heterocycles. The number of aromatic nitrogens is 1. The molecule has 96 valence electrons. The van der Waals surface area contributed by atoms with Gasteiger partial charge in [-0.3, -0.25) is 14.9 Å². The Balaban J connectivity index is 2.35. The van der Waals surface area contributed by atoms with Gasteiger partial charge in [0.1, 0.15) is 5.03 Å². The highest BCUT2D eigenvalue weighted by Crippen LogP contribution is 2.33. The van der Waals surface area contributed by atoms with Gasteiger partial charge in [-0.05, 0) is 24.3 Å². The number of hydrogen-bond acceptors (Lipinski definition) is 5. The van der Waals surface area contributed by atoms with Crippen LogP contribution in [-0.2, 0) is 0 Å². The highest BCUT2D eigenvalue weighted by atomic mass is 35.5. The first kappa shape index (κ1) is 13.5. The van der Waals surface area contributed by atoms with Crippen LogP contribution in [0.4, 0.5) is 5.69 Å². The fraction of sp³-hybridized carbons (Fsp3) is 0. The fourth-order valence-electron chi connectivity index (χ4n) is 1.41. The van der Waals surface area contributed by atoms with Crippen LogP contribution < -0.4 is 0 Å². The van der Waals surface area contributed by atoms with E-state index in [0.29, 0.717) is 21.2 Å². The molecule has 19 heavy (non-hydrogen) atoms. The lowest BCUT2D eigenvalue weighted by Crippen LogP contribution is -1.94. The lowest BCUT2D eigenvalue weighted by atomic mass is 10.2. The van der Waals surface area contributed by atoms with Crippen molar-refractivity contribution in [3.8, 4) is 0 Å². The molecule has 0 aliphatic rings. The number of nitro benzene ring substituents is 1. The summed E-state index contributed by atoms with van der Waals surface area (Å²) in [6.45, 7) is 0. The largest absolute Gasteiger partial charge is 0.298 e. The van der Waals surface area contributed by atoms with Gasteiger partial charge in [-0.2, -0.15) is 0 Å². The van der Waals surface area contributed by atoms with Gasteiger partial charge in [0.15, 0.2) is 6.29 Å². The molecule has 5 nitrogen and oxygen atoms in total. The number of pyridine rings is 1. The number of hydrogen-bond donors (Lipinski definition) is 0. The summed E-state index contributed by atoms with van der Waals surface area (Å²) in [4.78, 5) is 25.7. The summed E-state index contributed by atoms with van der Waals surface area (Å²) in [6.07, 6.45) is 2.06. The first-order valence-corrected chi connectivity index (χ1v) is 6.33. The van der Waals surface area contributed by atoms with Crippen molar-refractivity contribution >= 4 is 35.3 Å². The summed E-state index contributed by atoms with van der Waals surface area (Å²) in [5, 5.41) is 11.8. The molecule has 0 N–H and O–H groups in total. The van der Waals surface area contributed by atoms with Crippen molar-refractivity contribution in [2.75, 3.05) is 0 Å². The second-order valence-electron chi connectivity index (χ2n) is 3.49. The van der Waals surface area contributed by atoms with Gasteiger partial charge in [-0.25, -0.2) is 4.98 Å². The quantitative estimate of drug-likeness (QED) is 0.489. The van der Waals surface area contributed by atoms with E-state index in [4.69, 9.17) is 11.6 Å². The van der Waals surface area contributed by atoms with Gasteiger partial charge >= 0.3 is 0 Å². The van der Waals surface area contributed by atoms with E-state index in [1.807, 2.05) is 0 Å². The molecule has 1 aromatic heterocycles. The Hall–Kier alpha value is -1.92. The Morgan fingerprint density at radius 2 is 2.16 bits per heavy atom. The monoisotopic (exact) mass is 294 g/mol. The zero-order chi connectivity index (χ0) is 13.8. The van der Waals surface area contributed by atoms with E-state index >= 15 is 0 Å². The van der Waals surface area contributed by atoms with E-state index in [1.54, 1.807) is 24.4 Å². The number of rotatable bonds is 4. The Kier molecular flexibility index (Phi) is 4.13. The lowest BCUT2D eigenvalue weighted by Gasteiger charge is -2.03. The maximum absolute atomic E-state index is 10.8. The molecule has 0 amide bonds. The summed E-state index contributed by atoms with van der Waals surface area (Å²) in [7, 11) is 0. The second kappa shape index (κ2) is 5.81. The van der Waals surface area contributed by atoms with Crippen molar-refractivity contribution in [3.05, 3.63) is 57.2 Å². The van der Waals surface area contributed by atoms with Crippen molar-refractivity contribution in [2.24, 2.45) is 0 Å². The Morgan fingerprint density at radius 1 is 1.37 bits per heavy atom. The zero-order valence-electron chi connectivity index (χ0n) is 9.45. The number of benzene rings is 1. The summed E-state index contributed by atoms with van der Waals surface area (Å²) in [6, 6.07) is 7.70. The highest BCUT2D eigenvalue weighted by molar-refractivity contribution is 7.99. The molecule has 0 saturated heterocycles. The molecule has 0 aliphatic heterocycles. The normalized spacial score (nSPS) is 10.2. The minimum atomic E-state index is -0.591. The molecule has 0 aliphatic carbocycles. The van der Waals surface area contributed by atoms with Crippen LogP contribution in [0.25, 0.3) is 0 Å². The second-order valence-corrected chi connectivity index (χ2v) is 4.96. The van der Waals surface area contributed by atoms with Crippen molar-refractivity contribution < 1.29 is 9.72 Å². The predicted octanol–water partition coefficient (Wildman–Crippen LogP) is 3.61. The highest BCUT2D eigenvalue weighted by Gasteiger charge is 2.14. The third-order valence-corrected chi connectivity index (χ3v) is 3.69. The molecule has 0 bridgehead atoms. The maximum Gasteiger partial charge on any atom is 0.279 e. The third kappa shape index (κ3) is 3.10. The Bertz CT molecular complexity index is 649. The zero-order valence-corrected chi connectivity index (χ0v) is 11.0. The van der Waals surface area contributed by atoms with E-state index in [-0.39, 0.29) is 11.3 Å². The van der Waals surface area contributed by atoms with Gasteiger partial charge in [0.2, 0.25) is 0 Å². The summed E-state index contributed by atoms with van der Waals surface area (Å²) >= 11 is 7.21. The maximum atomic E-state index is 10.8. The van der Waals surface area contributed by atoms with Crippen LogP contribution >= 0.6 is 23.4 Å². The summed E-state index contributed by atoms with van der Waals surface area (Å²) in [5.74, 6) is 0. The fourth-order valence-corrected chi connectivity index (χ4v) is 2.48. The molecule has 0 unspecified atom stereocenters. The number of carbonyl (C=O) groups is 1. The predicted molar refractivity (Wildman–Crippen MR) is 71.9 cm³/mol. The molecule has 2 aromatic rings. The Labute approximate surface area is 117 Å². The lowest BCUT2D eigenvalue weighted by molar-refractivity contribution is -0.385. The molecule has 7 heteroatoms. The first-order valence-electron chi connectivity index (χ1n) is 5.14. The summed E-state index contributed by atoms with van der Waals surface area (Å²) in [5.41, 5.74) is -0.187. The molecular formula is C12H7ClN2O3S. The first-order chi connectivity index (χ1) is 9.11. The number of aldehydes is 1. The van der Waals surface area contributed by atoms with Crippen LogP contribution in [0.3, 0.4) is 0 Å². The average molecular weight is 295 g/mol. The van der Waals surface area contributed by atoms with Gasteiger partial charge in [-0.15, -0.1) is 0 Å². The molecule has 1 aromatic carbocycles. The van der Waals surface area contributed by atoms with Crippen molar-refractivity contribution in [1.82, 2.24) is 4.98 Å².